The van der Waals surface area contributed by atoms with E-state index in [1.807, 2.05) is 0 Å². The van der Waals surface area contributed by atoms with E-state index in [0.717, 1.165) is 51.4 Å². The fraction of sp³-hybridized carbons (Fsp3) is 0.900. The van der Waals surface area contributed by atoms with Crippen LogP contribution >= 0.6 is 0 Å². The van der Waals surface area contributed by atoms with Gasteiger partial charge in [-0.05, 0) is 60.3 Å². The number of hydrogen-bond donors (Lipinski definition) is 7. The van der Waals surface area contributed by atoms with Gasteiger partial charge in [-0.15, -0.1) is 0 Å². The average molecular weight is 1020 g/mol. The highest BCUT2D eigenvalue weighted by Gasteiger charge is 2.58. The maximum atomic E-state index is 13.9. The number of allylic oxidation sites excluding steroid dienone is 1. The molecule has 0 unspecified atom stereocenters. The van der Waals surface area contributed by atoms with Gasteiger partial charge in [-0.3, -0.25) is 9.59 Å². The Kier molecular flexibility index (Phi) is 23.8. The van der Waals surface area contributed by atoms with E-state index in [4.69, 9.17) is 52.1 Å². The third-order valence-electron chi connectivity index (χ3n) is 14.4. The van der Waals surface area contributed by atoms with Crippen molar-refractivity contribution < 1.29 is 102 Å². The summed E-state index contributed by atoms with van der Waals surface area (Å²) < 4.78 is 68.3. The highest BCUT2D eigenvalue weighted by atomic mass is 16.8. The van der Waals surface area contributed by atoms with E-state index in [9.17, 15) is 50.1 Å². The van der Waals surface area contributed by atoms with E-state index in [1.165, 1.54) is 26.8 Å². The number of carbonyl (C=O) groups excluding carboxylic acids is 3. The van der Waals surface area contributed by atoms with Crippen molar-refractivity contribution in [1.82, 2.24) is 0 Å². The first-order valence-corrected chi connectivity index (χ1v) is 26.0. The van der Waals surface area contributed by atoms with E-state index < -0.39 is 153 Å². The van der Waals surface area contributed by atoms with Gasteiger partial charge < -0.3 is 87.9 Å². The number of aliphatic hydroxyl groups is 7. The van der Waals surface area contributed by atoms with Crippen LogP contribution in [0.5, 0.6) is 0 Å². The molecule has 7 N–H and O–H groups in total. The molecule has 21 heteroatoms. The van der Waals surface area contributed by atoms with E-state index in [0.29, 0.717) is 32.1 Å². The molecular formula is C50H84O21. The monoisotopic (exact) mass is 1020 g/mol. The van der Waals surface area contributed by atoms with Crippen LogP contribution in [-0.2, 0) is 66.5 Å². The number of aliphatic hydroxyl groups excluding tert-OH is 7. The molecule has 21 nitrogen and oxygen atoms in total. The van der Waals surface area contributed by atoms with Gasteiger partial charge in [-0.25, -0.2) is 4.79 Å². The number of hydrogen-bond acceptors (Lipinski definition) is 21. The lowest BCUT2D eigenvalue weighted by atomic mass is 9.95. The summed E-state index contributed by atoms with van der Waals surface area (Å²) in [7, 11) is 0. The quantitative estimate of drug-likeness (QED) is 0.0640. The molecule has 0 aromatic carbocycles. The third-order valence-corrected chi connectivity index (χ3v) is 14.4. The molecule has 0 amide bonds. The molecule has 2 bridgehead atoms. The van der Waals surface area contributed by atoms with Crippen LogP contribution in [0, 0.1) is 5.92 Å². The number of ether oxygens (including phenoxy) is 11. The van der Waals surface area contributed by atoms with Crippen LogP contribution in [0.1, 0.15) is 145 Å². The van der Waals surface area contributed by atoms with E-state index in [-0.39, 0.29) is 18.1 Å². The van der Waals surface area contributed by atoms with Crippen LogP contribution in [0.4, 0.5) is 0 Å². The van der Waals surface area contributed by atoms with Crippen LogP contribution in [0.3, 0.4) is 0 Å². The largest absolute Gasteiger partial charge is 0.455 e. The number of esters is 3. The predicted octanol–water partition coefficient (Wildman–Crippen LogP) is 2.50. The molecule has 410 valence electrons. The van der Waals surface area contributed by atoms with E-state index >= 15 is 0 Å². The SMILES string of the molecule is C/C=C(\C)C(=O)O[C@H]1[C@H](O)[C@@H](O)[C@H](O[C@@H]2[C@H]3OC(=O)CCCCCCCCC[C@H](CCCCC)O[C@@H]4O[C@H](C)[C@@H](O)[C@H](O)[C@H]4O[C@@H]4O[C@H](CO)[C@@H](O)[C@H](O)[C@H]4O[C@H](O[C@H]2C)[C@@H]3OC(=O)[C@@H](C)CC)O[C@@H]1C. The maximum Gasteiger partial charge on any atom is 0.333 e. The van der Waals surface area contributed by atoms with E-state index in [1.54, 1.807) is 27.7 Å². The van der Waals surface area contributed by atoms with Gasteiger partial charge in [0.25, 0.3) is 0 Å². The van der Waals surface area contributed by atoms with Crippen molar-refractivity contribution in [2.75, 3.05) is 6.61 Å². The Labute approximate surface area is 417 Å². The minimum Gasteiger partial charge on any atom is -0.455 e. The molecule has 0 aromatic heterocycles. The summed E-state index contributed by atoms with van der Waals surface area (Å²) in [6.45, 7) is 12.4. The summed E-state index contributed by atoms with van der Waals surface area (Å²) in [5.41, 5.74) is 0.261. The molecule has 5 aliphatic heterocycles. The Bertz CT molecular complexity index is 1670. The summed E-state index contributed by atoms with van der Waals surface area (Å²) in [4.78, 5) is 40.5. The van der Waals surface area contributed by atoms with Crippen LogP contribution < -0.4 is 0 Å². The topological polar surface area (TPSA) is 294 Å². The molecule has 5 saturated heterocycles. The zero-order valence-corrected chi connectivity index (χ0v) is 42.7. The van der Waals surface area contributed by atoms with Gasteiger partial charge in [-0.2, -0.15) is 0 Å². The third kappa shape index (κ3) is 15.6. The number of carbonyl (C=O) groups is 3. The molecule has 0 spiro atoms. The molecule has 0 saturated carbocycles. The van der Waals surface area contributed by atoms with Crippen molar-refractivity contribution in [2.24, 2.45) is 5.92 Å². The minimum atomic E-state index is -1.92. The second kappa shape index (κ2) is 28.4. The molecule has 5 aliphatic rings. The Morgan fingerprint density at radius 3 is 1.92 bits per heavy atom. The zero-order chi connectivity index (χ0) is 52.1. The van der Waals surface area contributed by atoms with Gasteiger partial charge >= 0.3 is 17.9 Å². The van der Waals surface area contributed by atoms with Crippen LogP contribution in [-0.4, -0.2) is 189 Å². The van der Waals surface area contributed by atoms with Gasteiger partial charge in [-0.1, -0.05) is 84.6 Å². The van der Waals surface area contributed by atoms with Crippen LogP contribution in [0.25, 0.3) is 0 Å². The summed E-state index contributed by atoms with van der Waals surface area (Å²) in [6.07, 6.45) is -19.4. The fourth-order valence-electron chi connectivity index (χ4n) is 9.42. The lowest BCUT2D eigenvalue weighted by Gasteiger charge is -2.50. The molecule has 5 fully saturated rings. The Morgan fingerprint density at radius 1 is 0.662 bits per heavy atom. The van der Waals surface area contributed by atoms with Gasteiger partial charge in [0, 0.05) is 12.0 Å². The summed E-state index contributed by atoms with van der Waals surface area (Å²) >= 11 is 0. The fourth-order valence-corrected chi connectivity index (χ4v) is 9.42. The molecule has 5 heterocycles. The van der Waals surface area contributed by atoms with Crippen molar-refractivity contribution in [1.29, 1.82) is 0 Å². The predicted molar refractivity (Wildman–Crippen MR) is 249 cm³/mol. The average Bonchev–Trinajstić information content (AvgIpc) is 3.34. The lowest BCUT2D eigenvalue weighted by molar-refractivity contribution is -0.399. The highest BCUT2D eigenvalue weighted by molar-refractivity contribution is 5.87. The Morgan fingerprint density at radius 2 is 1.27 bits per heavy atom. The first-order valence-electron chi connectivity index (χ1n) is 26.0. The smallest absolute Gasteiger partial charge is 0.333 e. The number of unbranched alkanes of at least 4 members (excludes halogenated alkanes) is 2. The molecule has 5 rings (SSSR count). The molecule has 0 aliphatic carbocycles. The zero-order valence-electron chi connectivity index (χ0n) is 42.7. The van der Waals surface area contributed by atoms with Gasteiger partial charge in [0.2, 0.25) is 0 Å². The van der Waals surface area contributed by atoms with Crippen molar-refractivity contribution >= 4 is 17.9 Å². The van der Waals surface area contributed by atoms with Crippen LogP contribution in [0.15, 0.2) is 11.6 Å². The number of fused-ring (bicyclic) bond motifs is 4. The molecule has 71 heavy (non-hydrogen) atoms. The Hall–Kier alpha value is -2.45. The highest BCUT2D eigenvalue weighted by Crippen LogP contribution is 2.38. The summed E-state index contributed by atoms with van der Waals surface area (Å²) in [5.74, 6) is -2.91. The Balaban J connectivity index is 1.55. The second-order valence-corrected chi connectivity index (χ2v) is 19.9. The van der Waals surface area contributed by atoms with Crippen LogP contribution in [0.2, 0.25) is 0 Å². The summed E-state index contributed by atoms with van der Waals surface area (Å²) in [5, 5.41) is 78.9. The lowest BCUT2D eigenvalue weighted by Crippen LogP contribution is -2.68. The van der Waals surface area contributed by atoms with Gasteiger partial charge in [0.1, 0.15) is 61.0 Å². The first kappa shape index (κ1) is 59.4. The van der Waals surface area contributed by atoms with E-state index in [2.05, 4.69) is 6.92 Å². The van der Waals surface area contributed by atoms with Gasteiger partial charge in [0.05, 0.1) is 36.9 Å². The molecule has 0 aromatic rings. The van der Waals surface area contributed by atoms with Gasteiger partial charge in [0.15, 0.2) is 43.5 Å². The second-order valence-electron chi connectivity index (χ2n) is 19.9. The standard InChI is InChI=1S/C50H84O21/c1-9-12-18-21-30-22-19-16-14-13-15-17-20-23-32(52)66-43-40(69-47-38(58)37(57)39(28(7)62-47)67-45(59)25(4)10-2)29(8)63-50(44(43)68-46(60)26(5)11-3)71-42-36(56)34(54)31(24-51)65-49(42)70-41-35(55)33(53)27(6)61-48(41)64-30/h10,26-31,33-44,47-51,53-58H,9,11-24H2,1-8H3/b25-10+/t26-,27+,28+,29-,30-,31+,33+,34+,35-,36-,37+,38+,39+,40-,41+,42+,43+,44+,47-,48-,49-,50-/m0/s1. The van der Waals surface area contributed by atoms with Crippen molar-refractivity contribution in [2.45, 2.75) is 274 Å². The minimum absolute atomic E-state index is 0.0407. The molecule has 22 atom stereocenters. The summed E-state index contributed by atoms with van der Waals surface area (Å²) in [6, 6.07) is 0. The molecule has 0 radical (unpaired) electrons. The normalized spacial score (nSPS) is 42.2. The molecular weight excluding hydrogens is 937 g/mol. The number of rotatable bonds is 12. The van der Waals surface area contributed by atoms with Crippen molar-refractivity contribution in [3.05, 3.63) is 11.6 Å². The first-order chi connectivity index (χ1) is 33.8. The van der Waals surface area contributed by atoms with Crippen molar-refractivity contribution in [3.63, 3.8) is 0 Å². The van der Waals surface area contributed by atoms with Crippen molar-refractivity contribution in [3.8, 4) is 0 Å². The maximum absolute atomic E-state index is 13.9.